The lowest BCUT2D eigenvalue weighted by molar-refractivity contribution is 0.0443. The van der Waals surface area contributed by atoms with Gasteiger partial charge in [-0.25, -0.2) is 4.98 Å². The molecule has 1 fully saturated rings. The third kappa shape index (κ3) is 3.63. The zero-order valence-corrected chi connectivity index (χ0v) is 13.3. The molecule has 1 aliphatic rings. The summed E-state index contributed by atoms with van der Waals surface area (Å²) in [5, 5.41) is 0. The lowest BCUT2D eigenvalue weighted by atomic mass is 10.1. The van der Waals surface area contributed by atoms with Gasteiger partial charge in [0.1, 0.15) is 5.76 Å². The van der Waals surface area contributed by atoms with Crippen molar-refractivity contribution in [1.29, 1.82) is 0 Å². The Balaban J connectivity index is 1.96. The molecule has 6 heteroatoms. The van der Waals surface area contributed by atoms with Gasteiger partial charge in [-0.15, -0.1) is 0 Å². The highest BCUT2D eigenvalue weighted by atomic mass is 16.5. The number of carbonyl (C=O) groups is 1. The van der Waals surface area contributed by atoms with Crippen molar-refractivity contribution in [2.75, 3.05) is 39.9 Å². The molecule has 118 valence electrons. The minimum atomic E-state index is -0.0218. The van der Waals surface area contributed by atoms with Gasteiger partial charge < -0.3 is 14.1 Å². The van der Waals surface area contributed by atoms with Gasteiger partial charge in [0.05, 0.1) is 6.61 Å². The summed E-state index contributed by atoms with van der Waals surface area (Å²) >= 11 is 0. The Kier molecular flexibility index (Phi) is 5.36. The van der Waals surface area contributed by atoms with Crippen molar-refractivity contribution in [3.8, 4) is 0 Å². The minimum absolute atomic E-state index is 0.0218. The minimum Gasteiger partial charge on any atom is -0.447 e. The monoisotopic (exact) mass is 295 g/mol. The van der Waals surface area contributed by atoms with Gasteiger partial charge in [-0.1, -0.05) is 13.8 Å². The van der Waals surface area contributed by atoms with E-state index in [0.29, 0.717) is 24.1 Å². The van der Waals surface area contributed by atoms with Crippen LogP contribution in [0.3, 0.4) is 0 Å². The fourth-order valence-electron chi connectivity index (χ4n) is 2.69. The fourth-order valence-corrected chi connectivity index (χ4v) is 2.69. The molecule has 2 heterocycles. The van der Waals surface area contributed by atoms with Crippen LogP contribution in [-0.2, 0) is 4.74 Å². The van der Waals surface area contributed by atoms with E-state index in [0.717, 1.165) is 26.2 Å². The molecule has 0 bridgehead atoms. The Morgan fingerprint density at radius 3 is 2.57 bits per heavy atom. The molecule has 1 aromatic heterocycles. The first kappa shape index (κ1) is 16.0. The van der Waals surface area contributed by atoms with Gasteiger partial charge in [-0.05, 0) is 6.92 Å². The van der Waals surface area contributed by atoms with E-state index in [1.54, 1.807) is 7.11 Å². The molecule has 21 heavy (non-hydrogen) atoms. The van der Waals surface area contributed by atoms with Gasteiger partial charge in [0.2, 0.25) is 0 Å². The predicted molar refractivity (Wildman–Crippen MR) is 79.4 cm³/mol. The van der Waals surface area contributed by atoms with Crippen LogP contribution in [0, 0.1) is 0 Å². The number of amides is 1. The summed E-state index contributed by atoms with van der Waals surface area (Å²) < 4.78 is 10.5. The first-order valence-electron chi connectivity index (χ1n) is 7.50. The van der Waals surface area contributed by atoms with E-state index in [1.165, 1.54) is 6.39 Å². The molecule has 1 aliphatic heterocycles. The Morgan fingerprint density at radius 2 is 2.00 bits per heavy atom. The average molecular weight is 295 g/mol. The fraction of sp³-hybridized carbons (Fsp3) is 0.733. The lowest BCUT2D eigenvalue weighted by Gasteiger charge is -2.37. The molecule has 0 aromatic carbocycles. The number of piperazine rings is 1. The van der Waals surface area contributed by atoms with Crippen LogP contribution in [0.1, 0.15) is 42.9 Å². The molecule has 0 spiro atoms. The summed E-state index contributed by atoms with van der Waals surface area (Å²) in [5.41, 5.74) is 0.461. The van der Waals surface area contributed by atoms with Crippen LogP contribution >= 0.6 is 0 Å². The number of hydrogen-bond donors (Lipinski definition) is 0. The van der Waals surface area contributed by atoms with Gasteiger partial charge in [-0.2, -0.15) is 0 Å². The molecule has 0 unspecified atom stereocenters. The number of oxazole rings is 1. The van der Waals surface area contributed by atoms with Crippen LogP contribution in [0.4, 0.5) is 0 Å². The summed E-state index contributed by atoms with van der Waals surface area (Å²) in [6.07, 6.45) is 1.36. The van der Waals surface area contributed by atoms with Crippen molar-refractivity contribution in [3.63, 3.8) is 0 Å². The highest BCUT2D eigenvalue weighted by Crippen LogP contribution is 2.20. The molecule has 0 N–H and O–H groups in total. The Bertz CT molecular complexity index is 464. The Hall–Kier alpha value is -1.40. The molecule has 0 aliphatic carbocycles. The highest BCUT2D eigenvalue weighted by Gasteiger charge is 2.28. The summed E-state index contributed by atoms with van der Waals surface area (Å²) in [7, 11) is 1.72. The Morgan fingerprint density at radius 1 is 1.33 bits per heavy atom. The quantitative estimate of drug-likeness (QED) is 0.825. The van der Waals surface area contributed by atoms with E-state index in [9.17, 15) is 4.79 Å². The van der Waals surface area contributed by atoms with Gasteiger partial charge in [0.25, 0.3) is 5.91 Å². The molecule has 1 aromatic rings. The van der Waals surface area contributed by atoms with Crippen LogP contribution in [0.15, 0.2) is 10.8 Å². The van der Waals surface area contributed by atoms with E-state index in [1.807, 2.05) is 18.7 Å². The highest BCUT2D eigenvalue weighted by molar-refractivity contribution is 5.93. The van der Waals surface area contributed by atoms with Crippen molar-refractivity contribution < 1.29 is 13.9 Å². The van der Waals surface area contributed by atoms with E-state index in [-0.39, 0.29) is 11.8 Å². The number of nitrogens with zero attached hydrogens (tertiary/aromatic N) is 3. The predicted octanol–water partition coefficient (Wildman–Crippen LogP) is 1.59. The number of hydrogen-bond acceptors (Lipinski definition) is 5. The Labute approximate surface area is 126 Å². The lowest BCUT2D eigenvalue weighted by Crippen LogP contribution is -2.52. The van der Waals surface area contributed by atoms with Crippen molar-refractivity contribution >= 4 is 5.91 Å². The standard InChI is InChI=1S/C15H25N3O3/c1-11(2)14-13(16-10-21-14)15(19)18-7-5-17(6-8-18)12(3)9-20-4/h10-12H,5-9H2,1-4H3/t12-/m0/s1. The number of ether oxygens (including phenoxy) is 1. The summed E-state index contributed by atoms with van der Waals surface area (Å²) in [6.45, 7) is 10.0. The second-order valence-electron chi connectivity index (χ2n) is 5.85. The van der Waals surface area contributed by atoms with Crippen LogP contribution in [0.2, 0.25) is 0 Å². The third-order valence-electron chi connectivity index (χ3n) is 3.95. The zero-order valence-electron chi connectivity index (χ0n) is 13.3. The maximum absolute atomic E-state index is 12.5. The molecular formula is C15H25N3O3. The number of carbonyl (C=O) groups excluding carboxylic acids is 1. The second-order valence-corrected chi connectivity index (χ2v) is 5.85. The summed E-state index contributed by atoms with van der Waals surface area (Å²) in [5.74, 6) is 0.816. The molecule has 1 saturated heterocycles. The molecular weight excluding hydrogens is 270 g/mol. The average Bonchev–Trinajstić information content (AvgIpc) is 2.96. The number of methoxy groups -OCH3 is 1. The van der Waals surface area contributed by atoms with Gasteiger partial charge >= 0.3 is 0 Å². The summed E-state index contributed by atoms with van der Waals surface area (Å²) in [6, 6.07) is 0.380. The molecule has 6 nitrogen and oxygen atoms in total. The van der Waals surface area contributed by atoms with Crippen LogP contribution in [0.5, 0.6) is 0 Å². The maximum atomic E-state index is 12.5. The number of rotatable bonds is 5. The summed E-state index contributed by atoms with van der Waals surface area (Å²) in [4.78, 5) is 20.9. The molecule has 2 rings (SSSR count). The normalized spacial score (nSPS) is 18.2. The smallest absolute Gasteiger partial charge is 0.276 e. The topological polar surface area (TPSA) is 58.8 Å². The SMILES string of the molecule is COC[C@H](C)N1CCN(C(=O)c2ncoc2C(C)C)CC1. The van der Waals surface area contributed by atoms with E-state index in [2.05, 4.69) is 16.8 Å². The van der Waals surface area contributed by atoms with E-state index >= 15 is 0 Å². The van der Waals surface area contributed by atoms with Crippen molar-refractivity contribution in [1.82, 2.24) is 14.8 Å². The first-order valence-corrected chi connectivity index (χ1v) is 7.50. The van der Waals surface area contributed by atoms with E-state index in [4.69, 9.17) is 9.15 Å². The largest absolute Gasteiger partial charge is 0.447 e. The van der Waals surface area contributed by atoms with Gasteiger partial charge in [-0.3, -0.25) is 9.69 Å². The second kappa shape index (κ2) is 7.04. The van der Waals surface area contributed by atoms with Crippen LogP contribution in [0.25, 0.3) is 0 Å². The molecule has 0 radical (unpaired) electrons. The van der Waals surface area contributed by atoms with Crippen LogP contribution < -0.4 is 0 Å². The molecule has 1 atom stereocenters. The molecule has 1 amide bonds. The van der Waals surface area contributed by atoms with E-state index < -0.39 is 0 Å². The maximum Gasteiger partial charge on any atom is 0.276 e. The number of aromatic nitrogens is 1. The van der Waals surface area contributed by atoms with Crippen molar-refractivity contribution in [3.05, 3.63) is 17.8 Å². The van der Waals surface area contributed by atoms with Gasteiger partial charge in [0.15, 0.2) is 12.1 Å². The third-order valence-corrected chi connectivity index (χ3v) is 3.95. The van der Waals surface area contributed by atoms with Crippen LogP contribution in [-0.4, -0.2) is 66.6 Å². The van der Waals surface area contributed by atoms with Gasteiger partial charge in [0, 0.05) is 45.2 Å². The zero-order chi connectivity index (χ0) is 15.4. The molecule has 0 saturated carbocycles. The van der Waals surface area contributed by atoms with Crippen molar-refractivity contribution in [2.24, 2.45) is 0 Å². The van der Waals surface area contributed by atoms with Crippen molar-refractivity contribution in [2.45, 2.75) is 32.7 Å². The first-order chi connectivity index (χ1) is 10.0.